The molecule has 0 bridgehead atoms. The number of likely N-dealkylation sites (N-methyl/N-ethyl adjacent to an activating group) is 1. The number of hydrogen-bond donors (Lipinski definition) is 1. The van der Waals surface area contributed by atoms with Crippen molar-refractivity contribution in [1.82, 2.24) is 20.1 Å². The molecule has 3 heterocycles. The van der Waals surface area contributed by atoms with Gasteiger partial charge in [-0.15, -0.1) is 0 Å². The van der Waals surface area contributed by atoms with E-state index in [4.69, 9.17) is 0 Å². The third-order valence-corrected chi connectivity index (χ3v) is 5.27. The molecule has 144 valence electrons. The van der Waals surface area contributed by atoms with Crippen molar-refractivity contribution >= 4 is 11.6 Å². The molecule has 0 amide bonds. The average molecular weight is 379 g/mol. The van der Waals surface area contributed by atoms with Crippen LogP contribution in [0.1, 0.15) is 6.92 Å². The minimum Gasteiger partial charge on any atom is -0.351 e. The molecule has 1 aliphatic rings. The summed E-state index contributed by atoms with van der Waals surface area (Å²) in [7, 11) is 1.97. The number of Topliss-reactive ketones (excluding diaryl/α,β-unsaturated/α-hetero) is 1. The zero-order chi connectivity index (χ0) is 19.7. The summed E-state index contributed by atoms with van der Waals surface area (Å²) < 4.78 is 13.4. The second-order valence-electron chi connectivity index (χ2n) is 7.09. The predicted molar refractivity (Wildman–Crippen MR) is 107 cm³/mol. The zero-order valence-corrected chi connectivity index (χ0v) is 15.9. The first kappa shape index (κ1) is 18.3. The molecule has 7 heteroatoms. The lowest BCUT2D eigenvalue weighted by Gasteiger charge is -2.38. The summed E-state index contributed by atoms with van der Waals surface area (Å²) >= 11 is 0. The number of aromatic amines is 1. The fourth-order valence-electron chi connectivity index (χ4n) is 3.68. The van der Waals surface area contributed by atoms with Crippen molar-refractivity contribution in [3.8, 4) is 22.4 Å². The highest BCUT2D eigenvalue weighted by molar-refractivity contribution is 5.89. The molecule has 6 nitrogen and oxygen atoms in total. The summed E-state index contributed by atoms with van der Waals surface area (Å²) in [4.78, 5) is 20.4. The number of aromatic nitrogens is 3. The van der Waals surface area contributed by atoms with E-state index in [9.17, 15) is 9.18 Å². The lowest BCUT2D eigenvalue weighted by atomic mass is 10.0. The molecule has 2 aromatic heterocycles. The van der Waals surface area contributed by atoms with E-state index < -0.39 is 0 Å². The maximum absolute atomic E-state index is 13.4. The van der Waals surface area contributed by atoms with Crippen LogP contribution < -0.4 is 4.90 Å². The van der Waals surface area contributed by atoms with Gasteiger partial charge in [0.1, 0.15) is 11.6 Å². The minimum atomic E-state index is -0.280. The summed E-state index contributed by atoms with van der Waals surface area (Å²) in [6.45, 7) is 3.76. The number of carbonyl (C=O) groups is 1. The second kappa shape index (κ2) is 7.52. The molecule has 0 aliphatic carbocycles. The SMILES string of the molecule is CC(=O)C1CN(c2n[nH]c(-c3ccc(F)cc3)c2-c2ccncc2)CCN1C. The van der Waals surface area contributed by atoms with Crippen LogP contribution in [0.25, 0.3) is 22.4 Å². The summed E-state index contributed by atoms with van der Waals surface area (Å²) in [5.41, 5.74) is 3.57. The number of halogens is 1. The van der Waals surface area contributed by atoms with Gasteiger partial charge in [-0.05, 0) is 55.9 Å². The molecule has 1 atom stereocenters. The number of nitrogens with zero attached hydrogens (tertiary/aromatic N) is 4. The van der Waals surface area contributed by atoms with E-state index >= 15 is 0 Å². The number of nitrogens with one attached hydrogen (secondary N) is 1. The molecular weight excluding hydrogens is 357 g/mol. The van der Waals surface area contributed by atoms with Crippen molar-refractivity contribution in [2.45, 2.75) is 13.0 Å². The molecule has 1 aromatic carbocycles. The molecule has 3 aromatic rings. The molecule has 1 aliphatic heterocycles. The highest BCUT2D eigenvalue weighted by atomic mass is 19.1. The van der Waals surface area contributed by atoms with Crippen molar-refractivity contribution in [2.75, 3.05) is 31.6 Å². The third kappa shape index (κ3) is 3.41. The number of hydrogen-bond acceptors (Lipinski definition) is 5. The van der Waals surface area contributed by atoms with Crippen LogP contribution in [0.2, 0.25) is 0 Å². The minimum absolute atomic E-state index is 0.145. The Morgan fingerprint density at radius 3 is 2.50 bits per heavy atom. The lowest BCUT2D eigenvalue weighted by molar-refractivity contribution is -0.121. The van der Waals surface area contributed by atoms with Crippen LogP contribution in [-0.4, -0.2) is 58.6 Å². The van der Waals surface area contributed by atoms with E-state index in [2.05, 4.69) is 25.0 Å². The summed E-state index contributed by atoms with van der Waals surface area (Å²) in [6, 6.07) is 10.0. The molecule has 1 saturated heterocycles. The Hall–Kier alpha value is -3.06. The van der Waals surface area contributed by atoms with Crippen LogP contribution in [0.4, 0.5) is 10.2 Å². The number of H-pyrrole nitrogens is 1. The molecule has 4 rings (SSSR count). The first-order chi connectivity index (χ1) is 13.5. The Bertz CT molecular complexity index is 970. The molecule has 0 spiro atoms. The number of ketones is 1. The Kier molecular flexibility index (Phi) is 4.92. The Morgan fingerprint density at radius 2 is 1.82 bits per heavy atom. The number of carbonyl (C=O) groups excluding carboxylic acids is 1. The topological polar surface area (TPSA) is 65.1 Å². The number of benzene rings is 1. The van der Waals surface area contributed by atoms with E-state index in [1.54, 1.807) is 31.5 Å². The van der Waals surface area contributed by atoms with Gasteiger partial charge < -0.3 is 4.90 Å². The van der Waals surface area contributed by atoms with Gasteiger partial charge in [-0.2, -0.15) is 5.10 Å². The van der Waals surface area contributed by atoms with Gasteiger partial charge in [-0.3, -0.25) is 19.8 Å². The molecule has 1 unspecified atom stereocenters. The standard InChI is InChI=1S/C21H22FN5O/c1-14(28)18-13-27(12-11-26(18)2)21-19(15-7-9-23-10-8-15)20(24-25-21)16-3-5-17(22)6-4-16/h3-10,18H,11-13H2,1-2H3,(H,24,25). The highest BCUT2D eigenvalue weighted by Crippen LogP contribution is 2.38. The summed E-state index contributed by atoms with van der Waals surface area (Å²) in [5, 5.41) is 7.72. The fraction of sp³-hybridized carbons (Fsp3) is 0.286. The van der Waals surface area contributed by atoms with E-state index in [0.717, 1.165) is 41.3 Å². The van der Waals surface area contributed by atoms with Crippen LogP contribution in [-0.2, 0) is 4.79 Å². The van der Waals surface area contributed by atoms with Crippen LogP contribution in [0, 0.1) is 5.82 Å². The quantitative estimate of drug-likeness (QED) is 0.755. The second-order valence-corrected chi connectivity index (χ2v) is 7.09. The number of piperazine rings is 1. The molecule has 28 heavy (non-hydrogen) atoms. The lowest BCUT2D eigenvalue weighted by Crippen LogP contribution is -2.54. The molecule has 0 saturated carbocycles. The van der Waals surface area contributed by atoms with Gasteiger partial charge in [0.15, 0.2) is 5.82 Å². The maximum atomic E-state index is 13.4. The van der Waals surface area contributed by atoms with Crippen molar-refractivity contribution in [1.29, 1.82) is 0 Å². The van der Waals surface area contributed by atoms with Gasteiger partial charge in [0, 0.05) is 37.6 Å². The normalized spacial score (nSPS) is 17.7. The first-order valence-corrected chi connectivity index (χ1v) is 9.25. The molecule has 0 radical (unpaired) electrons. The fourth-order valence-corrected chi connectivity index (χ4v) is 3.68. The van der Waals surface area contributed by atoms with Gasteiger partial charge in [0.25, 0.3) is 0 Å². The third-order valence-electron chi connectivity index (χ3n) is 5.27. The maximum Gasteiger partial charge on any atom is 0.159 e. The summed E-state index contributed by atoms with van der Waals surface area (Å²) in [6.07, 6.45) is 3.48. The monoisotopic (exact) mass is 379 g/mol. The number of pyridine rings is 1. The molecule has 1 fully saturated rings. The highest BCUT2D eigenvalue weighted by Gasteiger charge is 2.31. The van der Waals surface area contributed by atoms with Gasteiger partial charge in [0.05, 0.1) is 17.3 Å². The van der Waals surface area contributed by atoms with Gasteiger partial charge in [-0.1, -0.05) is 0 Å². The van der Waals surface area contributed by atoms with Gasteiger partial charge in [-0.25, -0.2) is 4.39 Å². The van der Waals surface area contributed by atoms with E-state index in [-0.39, 0.29) is 17.6 Å². The zero-order valence-electron chi connectivity index (χ0n) is 15.9. The smallest absolute Gasteiger partial charge is 0.159 e. The van der Waals surface area contributed by atoms with E-state index in [1.807, 2.05) is 19.2 Å². The average Bonchev–Trinajstić information content (AvgIpc) is 3.14. The Labute approximate surface area is 163 Å². The van der Waals surface area contributed by atoms with Crippen LogP contribution in [0.5, 0.6) is 0 Å². The van der Waals surface area contributed by atoms with E-state index in [1.165, 1.54) is 12.1 Å². The Morgan fingerprint density at radius 1 is 1.11 bits per heavy atom. The Balaban J connectivity index is 1.80. The largest absolute Gasteiger partial charge is 0.351 e. The molecular formula is C21H22FN5O. The number of rotatable bonds is 4. The number of anilines is 1. The van der Waals surface area contributed by atoms with Crippen molar-refractivity contribution < 1.29 is 9.18 Å². The van der Waals surface area contributed by atoms with Crippen LogP contribution in [0.3, 0.4) is 0 Å². The van der Waals surface area contributed by atoms with E-state index in [0.29, 0.717) is 6.54 Å². The predicted octanol–water partition coefficient (Wildman–Crippen LogP) is 2.99. The van der Waals surface area contributed by atoms with Crippen molar-refractivity contribution in [2.24, 2.45) is 0 Å². The van der Waals surface area contributed by atoms with Gasteiger partial charge >= 0.3 is 0 Å². The van der Waals surface area contributed by atoms with Crippen LogP contribution in [0.15, 0.2) is 48.8 Å². The molecule has 1 N–H and O–H groups in total. The van der Waals surface area contributed by atoms with Crippen molar-refractivity contribution in [3.63, 3.8) is 0 Å². The summed E-state index contributed by atoms with van der Waals surface area (Å²) in [5.74, 6) is 0.661. The van der Waals surface area contributed by atoms with Crippen LogP contribution >= 0.6 is 0 Å². The van der Waals surface area contributed by atoms with Crippen molar-refractivity contribution in [3.05, 3.63) is 54.6 Å². The van der Waals surface area contributed by atoms with Gasteiger partial charge in [0.2, 0.25) is 0 Å². The first-order valence-electron chi connectivity index (χ1n) is 9.25.